The minimum Gasteiger partial charge on any atom is -0.468 e. The molecule has 9 nitrogen and oxygen atoms in total. The fourth-order valence-corrected chi connectivity index (χ4v) is 3.46. The molecule has 0 radical (unpaired) electrons. The third-order valence-electron chi connectivity index (χ3n) is 4.01. The quantitative estimate of drug-likeness (QED) is 0.312. The molecule has 1 aromatic carbocycles. The fraction of sp³-hybridized carbons (Fsp3) is 0.438. The number of aromatic nitrogens is 3. The lowest BCUT2D eigenvalue weighted by Gasteiger charge is -2.14. The number of rotatable bonds is 7. The zero-order chi connectivity index (χ0) is 18.5. The number of carbonyl (C=O) groups excluding carboxylic acids is 1. The van der Waals surface area contributed by atoms with Crippen molar-refractivity contribution in [2.45, 2.75) is 30.6 Å². The summed E-state index contributed by atoms with van der Waals surface area (Å²) in [6.45, 7) is 1.28. The predicted octanol–water partition coefficient (Wildman–Crippen LogP) is 2.30. The van der Waals surface area contributed by atoms with Crippen molar-refractivity contribution >= 4 is 23.4 Å². The van der Waals surface area contributed by atoms with E-state index in [9.17, 15) is 14.9 Å². The second kappa shape index (κ2) is 8.28. The number of nitro benzene ring substituents is 1. The number of methoxy groups -OCH3 is 1. The zero-order valence-electron chi connectivity index (χ0n) is 14.2. The number of esters is 1. The Morgan fingerprint density at radius 1 is 1.42 bits per heavy atom. The van der Waals surface area contributed by atoms with E-state index in [0.717, 1.165) is 19.4 Å². The molecule has 0 aliphatic carbocycles. The summed E-state index contributed by atoms with van der Waals surface area (Å²) >= 11 is 1.24. The SMILES string of the molecule is COC(=O)CSc1nnc(-c2ccc([N+](=O)[O-])cc2)n1C[C@@H]1CCCO1. The molecule has 0 spiro atoms. The Labute approximate surface area is 153 Å². The fourth-order valence-electron chi connectivity index (χ4n) is 2.68. The van der Waals surface area contributed by atoms with Gasteiger partial charge in [0.2, 0.25) is 0 Å². The molecule has 2 heterocycles. The van der Waals surface area contributed by atoms with Crippen molar-refractivity contribution in [3.05, 3.63) is 34.4 Å². The minimum absolute atomic E-state index is 0.0132. The van der Waals surface area contributed by atoms with Crippen molar-refractivity contribution in [2.24, 2.45) is 0 Å². The van der Waals surface area contributed by atoms with E-state index < -0.39 is 4.92 Å². The van der Waals surface area contributed by atoms with Crippen molar-refractivity contribution < 1.29 is 19.2 Å². The van der Waals surface area contributed by atoms with Crippen LogP contribution in [0.3, 0.4) is 0 Å². The molecule has 2 aromatic rings. The van der Waals surface area contributed by atoms with Crippen LogP contribution in [0.25, 0.3) is 11.4 Å². The number of thioether (sulfide) groups is 1. The Morgan fingerprint density at radius 2 is 2.19 bits per heavy atom. The molecule has 1 aliphatic heterocycles. The minimum atomic E-state index is -0.446. The van der Waals surface area contributed by atoms with Crippen LogP contribution in [0.5, 0.6) is 0 Å². The van der Waals surface area contributed by atoms with Gasteiger partial charge in [-0.3, -0.25) is 19.5 Å². The lowest BCUT2D eigenvalue weighted by molar-refractivity contribution is -0.384. The number of non-ortho nitro benzene ring substituents is 1. The molecule has 0 bridgehead atoms. The van der Waals surface area contributed by atoms with Crippen LogP contribution in [0.2, 0.25) is 0 Å². The second-order valence-corrected chi connectivity index (χ2v) is 6.66. The standard InChI is InChI=1S/C16H18N4O5S/c1-24-14(21)10-26-16-18-17-15(19(16)9-13-3-2-8-25-13)11-4-6-12(7-5-11)20(22)23/h4-7,13H,2-3,8-10H2,1H3/t13-/m0/s1. The molecule has 0 amide bonds. The third-order valence-corrected chi connectivity index (χ3v) is 4.95. The van der Waals surface area contributed by atoms with Crippen molar-refractivity contribution in [2.75, 3.05) is 19.5 Å². The summed E-state index contributed by atoms with van der Waals surface area (Å²) in [4.78, 5) is 21.8. The number of nitrogens with zero attached hydrogens (tertiary/aromatic N) is 4. The smallest absolute Gasteiger partial charge is 0.316 e. The molecule has 1 aliphatic rings. The van der Waals surface area contributed by atoms with Gasteiger partial charge in [-0.15, -0.1) is 10.2 Å². The number of nitro groups is 1. The van der Waals surface area contributed by atoms with Crippen LogP contribution in [0, 0.1) is 10.1 Å². The van der Waals surface area contributed by atoms with Gasteiger partial charge in [-0.05, 0) is 25.0 Å². The Kier molecular flexibility index (Phi) is 5.84. The first-order chi connectivity index (χ1) is 12.6. The van der Waals surface area contributed by atoms with E-state index in [0.29, 0.717) is 23.1 Å². The van der Waals surface area contributed by atoms with Gasteiger partial charge in [0.25, 0.3) is 5.69 Å². The molecule has 10 heteroatoms. The Balaban J connectivity index is 1.88. The van der Waals surface area contributed by atoms with E-state index in [2.05, 4.69) is 14.9 Å². The summed E-state index contributed by atoms with van der Waals surface area (Å²) in [7, 11) is 1.34. The molecule has 138 valence electrons. The average molecular weight is 378 g/mol. The highest BCUT2D eigenvalue weighted by Crippen LogP contribution is 2.27. The lowest BCUT2D eigenvalue weighted by Crippen LogP contribution is -2.17. The van der Waals surface area contributed by atoms with E-state index in [1.165, 1.54) is 31.0 Å². The molecule has 1 aromatic heterocycles. The molecule has 26 heavy (non-hydrogen) atoms. The summed E-state index contributed by atoms with van der Waals surface area (Å²) < 4.78 is 12.3. The third kappa shape index (κ3) is 4.20. The van der Waals surface area contributed by atoms with Gasteiger partial charge in [0.1, 0.15) is 0 Å². The van der Waals surface area contributed by atoms with E-state index in [1.54, 1.807) is 12.1 Å². The maximum Gasteiger partial charge on any atom is 0.316 e. The van der Waals surface area contributed by atoms with Gasteiger partial charge < -0.3 is 9.47 Å². The van der Waals surface area contributed by atoms with Gasteiger partial charge in [-0.25, -0.2) is 0 Å². The van der Waals surface area contributed by atoms with Crippen LogP contribution in [-0.2, 0) is 20.8 Å². The Hall–Kier alpha value is -2.46. The Bertz CT molecular complexity index is 786. The molecular weight excluding hydrogens is 360 g/mol. The van der Waals surface area contributed by atoms with Gasteiger partial charge in [-0.1, -0.05) is 11.8 Å². The van der Waals surface area contributed by atoms with Crippen molar-refractivity contribution in [1.82, 2.24) is 14.8 Å². The van der Waals surface area contributed by atoms with Crippen LogP contribution in [0.1, 0.15) is 12.8 Å². The molecule has 1 atom stereocenters. The summed E-state index contributed by atoms with van der Waals surface area (Å²) in [6, 6.07) is 6.15. The van der Waals surface area contributed by atoms with Crippen LogP contribution in [-0.4, -0.2) is 51.2 Å². The maximum atomic E-state index is 11.4. The Morgan fingerprint density at radius 3 is 2.81 bits per heavy atom. The van der Waals surface area contributed by atoms with Crippen molar-refractivity contribution in [3.8, 4) is 11.4 Å². The number of benzene rings is 1. The summed E-state index contributed by atoms with van der Waals surface area (Å²) in [5.41, 5.74) is 0.727. The van der Waals surface area contributed by atoms with Crippen LogP contribution < -0.4 is 0 Å². The summed E-state index contributed by atoms with van der Waals surface area (Å²) in [5, 5.41) is 19.8. The summed E-state index contributed by atoms with van der Waals surface area (Å²) in [5.74, 6) is 0.363. The molecule has 0 N–H and O–H groups in total. The van der Waals surface area contributed by atoms with Gasteiger partial charge in [0.15, 0.2) is 11.0 Å². The van der Waals surface area contributed by atoms with Crippen molar-refractivity contribution in [1.29, 1.82) is 0 Å². The first-order valence-electron chi connectivity index (χ1n) is 8.07. The van der Waals surface area contributed by atoms with E-state index >= 15 is 0 Å². The van der Waals surface area contributed by atoms with Crippen LogP contribution in [0.4, 0.5) is 5.69 Å². The van der Waals surface area contributed by atoms with Gasteiger partial charge in [-0.2, -0.15) is 0 Å². The molecule has 0 unspecified atom stereocenters. The highest BCUT2D eigenvalue weighted by molar-refractivity contribution is 7.99. The highest BCUT2D eigenvalue weighted by Gasteiger charge is 2.22. The molecule has 3 rings (SSSR count). The number of hydrogen-bond donors (Lipinski definition) is 0. The summed E-state index contributed by atoms with van der Waals surface area (Å²) in [6.07, 6.45) is 2.00. The predicted molar refractivity (Wildman–Crippen MR) is 93.8 cm³/mol. The molecule has 0 saturated carbocycles. The molecular formula is C16H18N4O5S. The first-order valence-corrected chi connectivity index (χ1v) is 9.06. The van der Waals surface area contributed by atoms with E-state index in [4.69, 9.17) is 4.74 Å². The second-order valence-electron chi connectivity index (χ2n) is 5.72. The van der Waals surface area contributed by atoms with Crippen molar-refractivity contribution in [3.63, 3.8) is 0 Å². The van der Waals surface area contributed by atoms with E-state index in [1.807, 2.05) is 4.57 Å². The first kappa shape index (κ1) is 18.3. The normalized spacial score (nSPS) is 16.6. The zero-order valence-corrected chi connectivity index (χ0v) is 15.0. The average Bonchev–Trinajstić information content (AvgIpc) is 3.30. The number of hydrogen-bond acceptors (Lipinski definition) is 8. The number of carbonyl (C=O) groups is 1. The van der Waals surface area contributed by atoms with Crippen LogP contribution in [0.15, 0.2) is 29.4 Å². The van der Waals surface area contributed by atoms with Gasteiger partial charge in [0, 0.05) is 24.3 Å². The van der Waals surface area contributed by atoms with E-state index in [-0.39, 0.29) is 23.5 Å². The largest absolute Gasteiger partial charge is 0.468 e. The monoisotopic (exact) mass is 378 g/mol. The molecule has 1 fully saturated rings. The number of ether oxygens (including phenoxy) is 2. The lowest BCUT2D eigenvalue weighted by atomic mass is 10.2. The maximum absolute atomic E-state index is 11.4. The van der Waals surface area contributed by atoms with Gasteiger partial charge in [0.05, 0.1) is 30.4 Å². The van der Waals surface area contributed by atoms with Gasteiger partial charge >= 0.3 is 5.97 Å². The molecule has 1 saturated heterocycles. The topological polar surface area (TPSA) is 109 Å². The highest BCUT2D eigenvalue weighted by atomic mass is 32.2. The van der Waals surface area contributed by atoms with Crippen LogP contribution >= 0.6 is 11.8 Å².